The van der Waals surface area contributed by atoms with Crippen molar-refractivity contribution in [2.24, 2.45) is 0 Å². The van der Waals surface area contributed by atoms with Crippen molar-refractivity contribution in [2.45, 2.75) is 38.5 Å². The van der Waals surface area contributed by atoms with Gasteiger partial charge in [-0.25, -0.2) is 0 Å². The second kappa shape index (κ2) is 8.09. The fourth-order valence-electron chi connectivity index (χ4n) is 3.20. The fourth-order valence-corrected chi connectivity index (χ4v) is 3.20. The van der Waals surface area contributed by atoms with Crippen LogP contribution in [0.15, 0.2) is 68.3 Å². The van der Waals surface area contributed by atoms with E-state index in [-0.39, 0.29) is 11.2 Å². The minimum atomic E-state index is -0.289. The van der Waals surface area contributed by atoms with Crippen molar-refractivity contribution in [1.82, 2.24) is 0 Å². The van der Waals surface area contributed by atoms with Gasteiger partial charge in [0.05, 0.1) is 0 Å². The lowest BCUT2D eigenvalue weighted by Crippen LogP contribution is -2.20. The highest BCUT2D eigenvalue weighted by molar-refractivity contribution is 5.51. The normalized spacial score (nSPS) is 11.2. The molecule has 136 valence electrons. The molecule has 0 aliphatic carbocycles. The summed E-state index contributed by atoms with van der Waals surface area (Å²) < 4.78 is 0. The third kappa shape index (κ3) is 3.91. The van der Waals surface area contributed by atoms with Crippen LogP contribution in [0.5, 0.6) is 11.5 Å². The van der Waals surface area contributed by atoms with E-state index < -0.39 is 0 Å². The molecule has 2 nitrogen and oxygen atoms in total. The molecule has 0 unspecified atom stereocenters. The summed E-state index contributed by atoms with van der Waals surface area (Å²) in [6, 6.07) is 9.82. The average molecular weight is 348 g/mol. The highest BCUT2D eigenvalue weighted by Gasteiger charge is 2.26. The zero-order chi connectivity index (χ0) is 19.3. The monoisotopic (exact) mass is 348 g/mol. The summed E-state index contributed by atoms with van der Waals surface area (Å²) in [6.07, 6.45) is 7.22. The lowest BCUT2D eigenvalue weighted by Gasteiger charge is -2.28. The lowest BCUT2D eigenvalue weighted by atomic mass is 9.76. The Morgan fingerprint density at radius 2 is 1.23 bits per heavy atom. The van der Waals surface area contributed by atoms with Crippen LogP contribution < -0.4 is 0 Å². The van der Waals surface area contributed by atoms with Gasteiger partial charge < -0.3 is 10.2 Å². The standard InChI is InChI=1S/C24H28O2/c1-6-9-17-14-20(12-13-22(17)25)24(4,5)21-15-18(10-7-2)23(26)19(16-21)11-8-3/h6-8,12-16,25-26H,1-3,9-11H2,4-5H3. The van der Waals surface area contributed by atoms with Crippen LogP contribution in [0, 0.1) is 0 Å². The summed E-state index contributed by atoms with van der Waals surface area (Å²) in [5.41, 5.74) is 4.52. The van der Waals surface area contributed by atoms with Crippen molar-refractivity contribution < 1.29 is 10.2 Å². The molecule has 26 heavy (non-hydrogen) atoms. The second-order valence-corrected chi connectivity index (χ2v) is 7.09. The highest BCUT2D eigenvalue weighted by atomic mass is 16.3. The number of rotatable bonds is 8. The molecule has 0 saturated carbocycles. The largest absolute Gasteiger partial charge is 0.508 e. The van der Waals surface area contributed by atoms with E-state index in [2.05, 4.69) is 33.6 Å². The van der Waals surface area contributed by atoms with E-state index in [1.807, 2.05) is 24.3 Å². The van der Waals surface area contributed by atoms with Crippen molar-refractivity contribution in [1.29, 1.82) is 0 Å². The molecular formula is C24H28O2. The van der Waals surface area contributed by atoms with Crippen molar-refractivity contribution >= 4 is 0 Å². The zero-order valence-electron chi connectivity index (χ0n) is 15.8. The molecule has 0 atom stereocenters. The van der Waals surface area contributed by atoms with E-state index in [0.717, 1.165) is 27.8 Å². The van der Waals surface area contributed by atoms with Gasteiger partial charge in [-0.1, -0.05) is 56.3 Å². The minimum Gasteiger partial charge on any atom is -0.508 e. The van der Waals surface area contributed by atoms with Gasteiger partial charge in [-0.2, -0.15) is 0 Å². The van der Waals surface area contributed by atoms with Gasteiger partial charge in [-0.3, -0.25) is 0 Å². The molecule has 2 aromatic rings. The number of hydrogen-bond acceptors (Lipinski definition) is 2. The molecule has 2 heteroatoms. The summed E-state index contributed by atoms with van der Waals surface area (Å²) in [4.78, 5) is 0. The Kier molecular flexibility index (Phi) is 6.10. The summed E-state index contributed by atoms with van der Waals surface area (Å²) in [5.74, 6) is 0.609. The van der Waals surface area contributed by atoms with Crippen molar-refractivity contribution in [3.8, 4) is 11.5 Å². The summed E-state index contributed by atoms with van der Waals surface area (Å²) in [5, 5.41) is 20.6. The van der Waals surface area contributed by atoms with E-state index in [0.29, 0.717) is 25.0 Å². The van der Waals surface area contributed by atoms with Gasteiger partial charge >= 0.3 is 0 Å². The van der Waals surface area contributed by atoms with Crippen LogP contribution in [-0.4, -0.2) is 10.2 Å². The second-order valence-electron chi connectivity index (χ2n) is 7.09. The summed E-state index contributed by atoms with van der Waals surface area (Å²) in [7, 11) is 0. The molecule has 0 saturated heterocycles. The maximum absolute atomic E-state index is 10.5. The third-order valence-electron chi connectivity index (χ3n) is 4.88. The van der Waals surface area contributed by atoms with Gasteiger partial charge in [-0.15, -0.1) is 19.7 Å². The number of allylic oxidation sites excluding steroid dienone is 3. The number of phenolic OH excluding ortho intramolecular Hbond substituents is 2. The molecule has 0 amide bonds. The number of benzene rings is 2. The predicted molar refractivity (Wildman–Crippen MR) is 110 cm³/mol. The van der Waals surface area contributed by atoms with Crippen LogP contribution in [0.3, 0.4) is 0 Å². The number of hydrogen-bond donors (Lipinski definition) is 2. The fraction of sp³-hybridized carbons (Fsp3) is 0.250. The first-order valence-electron chi connectivity index (χ1n) is 8.85. The Morgan fingerprint density at radius 3 is 1.73 bits per heavy atom. The Morgan fingerprint density at radius 1 is 0.769 bits per heavy atom. The van der Waals surface area contributed by atoms with Crippen molar-refractivity contribution in [2.75, 3.05) is 0 Å². The molecule has 0 radical (unpaired) electrons. The van der Waals surface area contributed by atoms with Crippen LogP contribution in [0.4, 0.5) is 0 Å². The Balaban J connectivity index is 2.60. The van der Waals surface area contributed by atoms with Gasteiger partial charge in [0.2, 0.25) is 0 Å². The van der Waals surface area contributed by atoms with E-state index in [1.165, 1.54) is 0 Å². The predicted octanol–water partition coefficient (Wildman–Crippen LogP) is 5.61. The average Bonchev–Trinajstić information content (AvgIpc) is 2.60. The van der Waals surface area contributed by atoms with Gasteiger partial charge in [0, 0.05) is 5.41 Å². The van der Waals surface area contributed by atoms with E-state index >= 15 is 0 Å². The smallest absolute Gasteiger partial charge is 0.122 e. The SMILES string of the molecule is C=CCc1cc(C(C)(C)c2cc(CC=C)c(O)c(CC=C)c2)ccc1O. The maximum Gasteiger partial charge on any atom is 0.122 e. The molecule has 0 spiro atoms. The summed E-state index contributed by atoms with van der Waals surface area (Å²) >= 11 is 0. The Hall–Kier alpha value is -2.74. The van der Waals surface area contributed by atoms with E-state index in [1.54, 1.807) is 24.3 Å². The number of phenols is 2. The van der Waals surface area contributed by atoms with Gasteiger partial charge in [-0.05, 0) is 53.1 Å². The van der Waals surface area contributed by atoms with Crippen molar-refractivity contribution in [3.05, 3.63) is 96.1 Å². The third-order valence-corrected chi connectivity index (χ3v) is 4.88. The zero-order valence-corrected chi connectivity index (χ0v) is 15.8. The molecule has 0 heterocycles. The molecule has 0 fully saturated rings. The van der Waals surface area contributed by atoms with Crippen LogP contribution in [-0.2, 0) is 24.7 Å². The van der Waals surface area contributed by atoms with Gasteiger partial charge in [0.1, 0.15) is 11.5 Å². The highest BCUT2D eigenvalue weighted by Crippen LogP contribution is 2.38. The Labute approximate surface area is 156 Å². The topological polar surface area (TPSA) is 40.5 Å². The summed E-state index contributed by atoms with van der Waals surface area (Å²) in [6.45, 7) is 15.7. The first-order chi connectivity index (χ1) is 12.3. The molecule has 0 aliphatic heterocycles. The molecule has 0 aromatic heterocycles. The molecule has 2 aromatic carbocycles. The molecule has 2 N–H and O–H groups in total. The quantitative estimate of drug-likeness (QED) is 0.609. The van der Waals surface area contributed by atoms with E-state index in [4.69, 9.17) is 0 Å². The molecule has 0 aliphatic rings. The lowest BCUT2D eigenvalue weighted by molar-refractivity contribution is 0.462. The van der Waals surface area contributed by atoms with Gasteiger partial charge in [0.15, 0.2) is 0 Å². The maximum atomic E-state index is 10.5. The first kappa shape index (κ1) is 19.6. The van der Waals surface area contributed by atoms with Crippen LogP contribution in [0.2, 0.25) is 0 Å². The number of aromatic hydroxyl groups is 2. The van der Waals surface area contributed by atoms with Crippen LogP contribution in [0.25, 0.3) is 0 Å². The molecule has 2 rings (SSSR count). The van der Waals surface area contributed by atoms with E-state index in [9.17, 15) is 10.2 Å². The van der Waals surface area contributed by atoms with Crippen molar-refractivity contribution in [3.63, 3.8) is 0 Å². The minimum absolute atomic E-state index is 0.287. The molecular weight excluding hydrogens is 320 g/mol. The molecule has 0 bridgehead atoms. The van der Waals surface area contributed by atoms with Crippen LogP contribution in [0.1, 0.15) is 41.7 Å². The Bertz CT molecular complexity index is 797. The first-order valence-corrected chi connectivity index (χ1v) is 8.85. The van der Waals surface area contributed by atoms with Gasteiger partial charge in [0.25, 0.3) is 0 Å². The van der Waals surface area contributed by atoms with Crippen LogP contribution >= 0.6 is 0 Å².